The van der Waals surface area contributed by atoms with Gasteiger partial charge in [-0.15, -0.1) is 0 Å². The molecule has 0 saturated carbocycles. The Morgan fingerprint density at radius 2 is 1.43 bits per heavy atom. The van der Waals surface area contributed by atoms with Gasteiger partial charge in [-0.25, -0.2) is 4.79 Å². The maximum absolute atomic E-state index is 12.7. The van der Waals surface area contributed by atoms with E-state index in [1.807, 2.05) is 24.3 Å². The van der Waals surface area contributed by atoms with E-state index in [0.717, 1.165) is 11.1 Å². The molecule has 0 saturated heterocycles. The van der Waals surface area contributed by atoms with Gasteiger partial charge in [0.15, 0.2) is 11.9 Å². The molecule has 4 heteroatoms. The smallest absolute Gasteiger partial charge is 0.338 e. The Morgan fingerprint density at radius 3 is 2.14 bits per heavy atom. The molecule has 0 heterocycles. The number of hydrogen-bond acceptors (Lipinski definition) is 4. The highest BCUT2D eigenvalue weighted by Crippen LogP contribution is 2.37. The summed E-state index contributed by atoms with van der Waals surface area (Å²) in [7, 11) is 0. The number of benzene rings is 3. The van der Waals surface area contributed by atoms with Crippen LogP contribution in [0.25, 0.3) is 11.1 Å². The summed E-state index contributed by atoms with van der Waals surface area (Å²) in [6, 6.07) is 21.0. The third kappa shape index (κ3) is 3.03. The van der Waals surface area contributed by atoms with Gasteiger partial charge in [0.2, 0.25) is 5.78 Å². The summed E-state index contributed by atoms with van der Waals surface area (Å²) in [5.74, 6) is -0.842. The van der Waals surface area contributed by atoms with Gasteiger partial charge in [-0.3, -0.25) is 9.59 Å². The second kappa shape index (κ2) is 7.24. The van der Waals surface area contributed by atoms with Crippen molar-refractivity contribution >= 4 is 17.5 Å². The van der Waals surface area contributed by atoms with E-state index in [4.69, 9.17) is 4.74 Å². The number of Topliss-reactive ketones (excluding diaryl/α,β-unsaturated/α-hetero) is 1. The summed E-state index contributed by atoms with van der Waals surface area (Å²) in [6.45, 7) is 1.80. The van der Waals surface area contributed by atoms with Crippen molar-refractivity contribution in [2.45, 2.75) is 19.4 Å². The zero-order valence-corrected chi connectivity index (χ0v) is 15.3. The molecule has 0 unspecified atom stereocenters. The van der Waals surface area contributed by atoms with Gasteiger partial charge >= 0.3 is 5.97 Å². The van der Waals surface area contributed by atoms with Gasteiger partial charge < -0.3 is 4.74 Å². The van der Waals surface area contributed by atoms with Gasteiger partial charge in [-0.2, -0.15) is 0 Å². The molecule has 4 nitrogen and oxygen atoms in total. The summed E-state index contributed by atoms with van der Waals surface area (Å²) in [6.07, 6.45) is -0.469. The van der Waals surface area contributed by atoms with Crippen LogP contribution in [0.4, 0.5) is 0 Å². The number of esters is 1. The quantitative estimate of drug-likeness (QED) is 0.377. The number of ketones is 2. The van der Waals surface area contributed by atoms with Crippen molar-refractivity contribution in [1.82, 2.24) is 0 Å². The minimum absolute atomic E-state index is 0.0452. The average Bonchev–Trinajstić information content (AvgIpc) is 3.04. The third-order valence-electron chi connectivity index (χ3n) is 4.93. The second-order valence-corrected chi connectivity index (χ2v) is 6.67. The minimum Gasteiger partial charge on any atom is -0.450 e. The molecule has 0 radical (unpaired) electrons. The lowest BCUT2D eigenvalue weighted by Gasteiger charge is -2.15. The third-order valence-corrected chi connectivity index (χ3v) is 4.93. The first kappa shape index (κ1) is 17.9. The molecule has 4 rings (SSSR count). The zero-order chi connectivity index (χ0) is 19.7. The Morgan fingerprint density at radius 1 is 0.786 bits per heavy atom. The summed E-state index contributed by atoms with van der Waals surface area (Å²) >= 11 is 0. The van der Waals surface area contributed by atoms with E-state index in [2.05, 4.69) is 0 Å². The number of ether oxygens (including phenoxy) is 1. The highest BCUT2D eigenvalue weighted by Gasteiger charge is 2.28. The van der Waals surface area contributed by atoms with Crippen LogP contribution < -0.4 is 0 Å². The molecular formula is C24H18O4. The fourth-order valence-electron chi connectivity index (χ4n) is 3.46. The molecule has 0 aliphatic heterocycles. The first-order chi connectivity index (χ1) is 13.6. The standard InChI is InChI=1S/C24H18O4/c1-2-21(22(25)15-8-4-3-5-9-15)28-24(27)16-12-13-19-20(14-16)17-10-6-7-11-18(17)23(19)26/h3-14,21H,2H2,1H3/t21-/m1/s1. The van der Waals surface area contributed by atoms with Crippen LogP contribution in [0.2, 0.25) is 0 Å². The van der Waals surface area contributed by atoms with E-state index in [1.54, 1.807) is 55.5 Å². The molecule has 0 fully saturated rings. The summed E-state index contributed by atoms with van der Waals surface area (Å²) in [4.78, 5) is 37.8. The molecule has 138 valence electrons. The monoisotopic (exact) mass is 370 g/mol. The topological polar surface area (TPSA) is 60.4 Å². The molecule has 1 aliphatic rings. The molecule has 0 bridgehead atoms. The molecule has 0 amide bonds. The normalized spacial score (nSPS) is 12.8. The Kier molecular flexibility index (Phi) is 4.62. The van der Waals surface area contributed by atoms with E-state index in [-0.39, 0.29) is 11.6 Å². The van der Waals surface area contributed by atoms with Crippen LogP contribution in [-0.4, -0.2) is 23.6 Å². The van der Waals surface area contributed by atoms with Crippen LogP contribution in [0.15, 0.2) is 72.8 Å². The maximum Gasteiger partial charge on any atom is 0.338 e. The lowest BCUT2D eigenvalue weighted by molar-refractivity contribution is 0.0277. The summed E-state index contributed by atoms with van der Waals surface area (Å²) in [5, 5.41) is 0. The van der Waals surface area contributed by atoms with Crippen LogP contribution in [0.5, 0.6) is 0 Å². The molecule has 28 heavy (non-hydrogen) atoms. The number of hydrogen-bond donors (Lipinski definition) is 0. The van der Waals surface area contributed by atoms with Gasteiger partial charge in [-0.1, -0.05) is 61.5 Å². The Balaban J connectivity index is 1.60. The average molecular weight is 370 g/mol. The zero-order valence-electron chi connectivity index (χ0n) is 15.3. The molecule has 0 spiro atoms. The van der Waals surface area contributed by atoms with E-state index < -0.39 is 12.1 Å². The lowest BCUT2D eigenvalue weighted by atomic mass is 10.0. The van der Waals surface area contributed by atoms with Crippen molar-refractivity contribution in [2.24, 2.45) is 0 Å². The van der Waals surface area contributed by atoms with Gasteiger partial charge in [0.1, 0.15) is 0 Å². The SMILES string of the molecule is CC[C@@H](OC(=O)c1ccc2c(c1)-c1ccccc1C2=O)C(=O)c1ccccc1. The highest BCUT2D eigenvalue weighted by atomic mass is 16.5. The highest BCUT2D eigenvalue weighted by molar-refractivity contribution is 6.22. The van der Waals surface area contributed by atoms with Crippen LogP contribution >= 0.6 is 0 Å². The van der Waals surface area contributed by atoms with Gasteiger partial charge in [0.25, 0.3) is 0 Å². The van der Waals surface area contributed by atoms with E-state index in [9.17, 15) is 14.4 Å². The number of fused-ring (bicyclic) bond motifs is 3. The second-order valence-electron chi connectivity index (χ2n) is 6.67. The van der Waals surface area contributed by atoms with Crippen LogP contribution in [-0.2, 0) is 4.74 Å². The fourth-order valence-corrected chi connectivity index (χ4v) is 3.46. The van der Waals surface area contributed by atoms with E-state index in [1.165, 1.54) is 0 Å². The van der Waals surface area contributed by atoms with Crippen molar-refractivity contribution in [1.29, 1.82) is 0 Å². The fraction of sp³-hybridized carbons (Fsp3) is 0.125. The molecule has 0 N–H and O–H groups in total. The number of carbonyl (C=O) groups is 3. The van der Waals surface area contributed by atoms with Crippen molar-refractivity contribution in [3.8, 4) is 11.1 Å². The van der Waals surface area contributed by atoms with Crippen LogP contribution in [0.3, 0.4) is 0 Å². The van der Waals surface area contributed by atoms with E-state index >= 15 is 0 Å². The lowest BCUT2D eigenvalue weighted by Crippen LogP contribution is -2.27. The summed E-state index contributed by atoms with van der Waals surface area (Å²) < 4.78 is 5.50. The van der Waals surface area contributed by atoms with Crippen molar-refractivity contribution in [2.75, 3.05) is 0 Å². The van der Waals surface area contributed by atoms with Gasteiger partial charge in [0, 0.05) is 16.7 Å². The number of rotatable bonds is 5. The van der Waals surface area contributed by atoms with Gasteiger partial charge in [0.05, 0.1) is 5.56 Å². The largest absolute Gasteiger partial charge is 0.450 e. The molecule has 3 aromatic rings. The van der Waals surface area contributed by atoms with Crippen LogP contribution in [0.1, 0.15) is 50.0 Å². The van der Waals surface area contributed by atoms with Crippen molar-refractivity contribution in [3.63, 3.8) is 0 Å². The molecule has 3 aromatic carbocycles. The maximum atomic E-state index is 12.7. The predicted octanol–water partition coefficient (Wildman–Crippen LogP) is 4.72. The number of carbonyl (C=O) groups excluding carboxylic acids is 3. The van der Waals surface area contributed by atoms with Crippen molar-refractivity contribution < 1.29 is 19.1 Å². The van der Waals surface area contributed by atoms with Crippen molar-refractivity contribution in [3.05, 3.63) is 95.1 Å². The molecular weight excluding hydrogens is 352 g/mol. The molecule has 0 aromatic heterocycles. The molecule has 1 atom stereocenters. The molecule has 1 aliphatic carbocycles. The van der Waals surface area contributed by atoms with E-state index in [0.29, 0.717) is 28.7 Å². The predicted molar refractivity (Wildman–Crippen MR) is 106 cm³/mol. The Hall–Kier alpha value is -3.53. The summed E-state index contributed by atoms with van der Waals surface area (Å²) in [5.41, 5.74) is 3.57. The van der Waals surface area contributed by atoms with Crippen LogP contribution in [0, 0.1) is 0 Å². The first-order valence-electron chi connectivity index (χ1n) is 9.18. The Bertz CT molecular complexity index is 1080. The first-order valence-corrected chi connectivity index (χ1v) is 9.18. The van der Waals surface area contributed by atoms with Gasteiger partial charge in [-0.05, 0) is 35.7 Å². The minimum atomic E-state index is -0.850. The Labute approximate surface area is 162 Å².